The molecule has 1 fully saturated rings. The van der Waals surface area contributed by atoms with Gasteiger partial charge in [-0.3, -0.25) is 4.79 Å². The lowest BCUT2D eigenvalue weighted by atomic mass is 10.0. The van der Waals surface area contributed by atoms with Crippen molar-refractivity contribution < 1.29 is 14.1 Å². The zero-order chi connectivity index (χ0) is 17.0. The highest BCUT2D eigenvalue weighted by Gasteiger charge is 2.54. The number of carbonyl (C=O) groups excluding carboxylic acids is 1. The quantitative estimate of drug-likeness (QED) is 0.754. The van der Waals surface area contributed by atoms with Gasteiger partial charge in [0.15, 0.2) is 5.76 Å². The molecule has 6 nitrogen and oxygen atoms in total. The van der Waals surface area contributed by atoms with Gasteiger partial charge in [-0.1, -0.05) is 24.6 Å². The molecule has 2 aromatic heterocycles. The Balaban J connectivity index is 1.63. The summed E-state index contributed by atoms with van der Waals surface area (Å²) in [5, 5.41) is 6.89. The molecule has 0 radical (unpaired) electrons. The second kappa shape index (κ2) is 7.03. The highest BCUT2D eigenvalue weighted by atomic mass is 16.5. The fourth-order valence-corrected chi connectivity index (χ4v) is 2.65. The number of unbranched alkanes of at least 4 members (excludes halogenated alkanes) is 1. The molecule has 0 aliphatic heterocycles. The molecule has 1 N–H and O–H groups in total. The van der Waals surface area contributed by atoms with Gasteiger partial charge in [-0.05, 0) is 32.3 Å². The average molecular weight is 329 g/mol. The second-order valence-corrected chi connectivity index (χ2v) is 6.27. The van der Waals surface area contributed by atoms with E-state index in [9.17, 15) is 4.79 Å². The maximum atomic E-state index is 12.6. The zero-order valence-electron chi connectivity index (χ0n) is 14.2. The molecule has 6 heteroatoms. The van der Waals surface area contributed by atoms with Gasteiger partial charge in [0.25, 0.3) is 0 Å². The van der Waals surface area contributed by atoms with E-state index in [2.05, 4.69) is 22.4 Å². The number of pyridine rings is 1. The van der Waals surface area contributed by atoms with E-state index in [-0.39, 0.29) is 5.91 Å². The Bertz CT molecular complexity index is 707. The minimum Gasteiger partial charge on any atom is -0.477 e. The van der Waals surface area contributed by atoms with E-state index in [1.807, 2.05) is 25.1 Å². The lowest BCUT2D eigenvalue weighted by molar-refractivity contribution is -0.124. The highest BCUT2D eigenvalue weighted by molar-refractivity contribution is 5.90. The number of ether oxygens (including phenoxy) is 1. The number of aryl methyl sites for hydroxylation is 1. The average Bonchev–Trinajstić information content (AvgIpc) is 3.29. The van der Waals surface area contributed by atoms with Crippen molar-refractivity contribution in [2.75, 3.05) is 6.61 Å². The van der Waals surface area contributed by atoms with Crippen molar-refractivity contribution in [2.24, 2.45) is 0 Å². The maximum absolute atomic E-state index is 12.6. The summed E-state index contributed by atoms with van der Waals surface area (Å²) in [5.74, 6) is 1.22. The summed E-state index contributed by atoms with van der Waals surface area (Å²) in [5.41, 5.74) is 1.13. The van der Waals surface area contributed by atoms with Crippen LogP contribution in [0.5, 0.6) is 5.88 Å². The molecule has 2 aromatic rings. The third-order valence-electron chi connectivity index (χ3n) is 4.31. The summed E-state index contributed by atoms with van der Waals surface area (Å²) in [6.45, 7) is 5.00. The van der Waals surface area contributed by atoms with Gasteiger partial charge in [-0.25, -0.2) is 4.98 Å². The molecule has 2 heterocycles. The Labute approximate surface area is 141 Å². The first-order chi connectivity index (χ1) is 11.7. The Morgan fingerprint density at radius 2 is 2.29 bits per heavy atom. The molecule has 1 saturated carbocycles. The number of nitrogens with zero attached hydrogens (tertiary/aromatic N) is 2. The Kier molecular flexibility index (Phi) is 4.83. The third kappa shape index (κ3) is 3.42. The first-order valence-electron chi connectivity index (χ1n) is 8.44. The molecule has 1 aliphatic carbocycles. The largest absolute Gasteiger partial charge is 0.477 e. The summed E-state index contributed by atoms with van der Waals surface area (Å²) in [6.07, 6.45) is 5.33. The Hall–Kier alpha value is -2.37. The van der Waals surface area contributed by atoms with Gasteiger partial charge in [0.2, 0.25) is 11.8 Å². The number of hydrogen-bond acceptors (Lipinski definition) is 5. The van der Waals surface area contributed by atoms with Gasteiger partial charge in [0, 0.05) is 24.4 Å². The fraction of sp³-hybridized carbons (Fsp3) is 0.500. The number of hydrogen-bond donors (Lipinski definition) is 1. The van der Waals surface area contributed by atoms with Crippen molar-refractivity contribution in [3.63, 3.8) is 0 Å². The molecular weight excluding hydrogens is 306 g/mol. The molecule has 24 heavy (non-hydrogen) atoms. The van der Waals surface area contributed by atoms with E-state index in [0.717, 1.165) is 36.9 Å². The third-order valence-corrected chi connectivity index (χ3v) is 4.31. The summed E-state index contributed by atoms with van der Waals surface area (Å²) >= 11 is 0. The normalized spacial score (nSPS) is 15.1. The van der Waals surface area contributed by atoms with Gasteiger partial charge in [0.05, 0.1) is 12.3 Å². The first kappa shape index (κ1) is 16.5. The number of amides is 1. The van der Waals surface area contributed by atoms with Crippen LogP contribution in [0.15, 0.2) is 28.9 Å². The lowest BCUT2D eigenvalue weighted by Gasteiger charge is -2.14. The summed E-state index contributed by atoms with van der Waals surface area (Å²) < 4.78 is 11.0. The SMILES string of the molecule is CCCCOc1ncccc1CNC(=O)C1(c2cc(C)no2)CC1. The van der Waals surface area contributed by atoms with Crippen molar-refractivity contribution in [1.82, 2.24) is 15.5 Å². The zero-order valence-corrected chi connectivity index (χ0v) is 14.2. The van der Waals surface area contributed by atoms with Crippen molar-refractivity contribution in [3.05, 3.63) is 41.4 Å². The number of rotatable bonds is 8. The summed E-state index contributed by atoms with van der Waals surface area (Å²) in [4.78, 5) is 16.9. The maximum Gasteiger partial charge on any atom is 0.234 e. The van der Waals surface area contributed by atoms with Crippen LogP contribution in [0.2, 0.25) is 0 Å². The monoisotopic (exact) mass is 329 g/mol. The van der Waals surface area contributed by atoms with E-state index in [4.69, 9.17) is 9.26 Å². The van der Waals surface area contributed by atoms with E-state index < -0.39 is 5.41 Å². The van der Waals surface area contributed by atoms with Crippen molar-refractivity contribution in [1.29, 1.82) is 0 Å². The Morgan fingerprint density at radius 3 is 2.96 bits per heavy atom. The molecule has 0 bridgehead atoms. The fourth-order valence-electron chi connectivity index (χ4n) is 2.65. The highest BCUT2D eigenvalue weighted by Crippen LogP contribution is 2.48. The van der Waals surface area contributed by atoms with Crippen LogP contribution in [0.25, 0.3) is 0 Å². The minimum atomic E-state index is -0.549. The van der Waals surface area contributed by atoms with Crippen LogP contribution >= 0.6 is 0 Å². The standard InChI is InChI=1S/C18H23N3O3/c1-3-4-10-23-16-14(6-5-9-19-16)12-20-17(22)18(7-8-18)15-11-13(2)21-24-15/h5-6,9,11H,3-4,7-8,10,12H2,1-2H3,(H,20,22). The molecule has 128 valence electrons. The smallest absolute Gasteiger partial charge is 0.234 e. The molecule has 0 spiro atoms. The topological polar surface area (TPSA) is 77.2 Å². The predicted molar refractivity (Wildman–Crippen MR) is 88.6 cm³/mol. The van der Waals surface area contributed by atoms with Gasteiger partial charge in [-0.15, -0.1) is 0 Å². The summed E-state index contributed by atoms with van der Waals surface area (Å²) in [6, 6.07) is 5.61. The summed E-state index contributed by atoms with van der Waals surface area (Å²) in [7, 11) is 0. The van der Waals surface area contributed by atoms with Gasteiger partial charge < -0.3 is 14.6 Å². The molecule has 1 aliphatic rings. The number of nitrogens with one attached hydrogen (secondary N) is 1. The van der Waals surface area contributed by atoms with Crippen LogP contribution < -0.4 is 10.1 Å². The van der Waals surface area contributed by atoms with E-state index in [1.54, 1.807) is 6.20 Å². The van der Waals surface area contributed by atoms with Crippen LogP contribution in [0.1, 0.15) is 49.6 Å². The Morgan fingerprint density at radius 1 is 1.46 bits per heavy atom. The number of carbonyl (C=O) groups is 1. The lowest BCUT2D eigenvalue weighted by Crippen LogP contribution is -2.34. The van der Waals surface area contributed by atoms with Gasteiger partial charge >= 0.3 is 0 Å². The van der Waals surface area contributed by atoms with E-state index in [0.29, 0.717) is 24.8 Å². The van der Waals surface area contributed by atoms with Gasteiger partial charge in [-0.2, -0.15) is 0 Å². The first-order valence-corrected chi connectivity index (χ1v) is 8.44. The van der Waals surface area contributed by atoms with Crippen molar-refractivity contribution >= 4 is 5.91 Å². The van der Waals surface area contributed by atoms with Crippen LogP contribution in [-0.2, 0) is 16.8 Å². The molecule has 0 atom stereocenters. The van der Waals surface area contributed by atoms with E-state index >= 15 is 0 Å². The van der Waals surface area contributed by atoms with Gasteiger partial charge in [0.1, 0.15) is 5.41 Å². The second-order valence-electron chi connectivity index (χ2n) is 6.27. The number of aromatic nitrogens is 2. The van der Waals surface area contributed by atoms with E-state index in [1.165, 1.54) is 0 Å². The van der Waals surface area contributed by atoms with Crippen LogP contribution in [-0.4, -0.2) is 22.7 Å². The molecular formula is C18H23N3O3. The van der Waals surface area contributed by atoms with Crippen molar-refractivity contribution in [2.45, 2.75) is 51.5 Å². The van der Waals surface area contributed by atoms with Crippen molar-refractivity contribution in [3.8, 4) is 5.88 Å². The molecule has 0 aromatic carbocycles. The molecule has 1 amide bonds. The molecule has 0 unspecified atom stereocenters. The molecule has 0 saturated heterocycles. The molecule has 3 rings (SSSR count). The van der Waals surface area contributed by atoms with Crippen LogP contribution in [0.3, 0.4) is 0 Å². The van der Waals surface area contributed by atoms with Crippen LogP contribution in [0.4, 0.5) is 0 Å². The minimum absolute atomic E-state index is 0.0259. The van der Waals surface area contributed by atoms with Crippen LogP contribution in [0, 0.1) is 6.92 Å². The predicted octanol–water partition coefficient (Wildman–Crippen LogP) is 2.90.